The molecule has 0 aromatic heterocycles. The third kappa shape index (κ3) is 7.41. The van der Waals surface area contributed by atoms with Crippen molar-refractivity contribution < 1.29 is 14.3 Å². The molecular weight excluding hydrogens is 360 g/mol. The highest BCUT2D eigenvalue weighted by Gasteiger charge is 2.13. The van der Waals surface area contributed by atoms with E-state index in [2.05, 4.69) is 53.7 Å². The Labute approximate surface area is 176 Å². The SMILES string of the molecule is CCCCOC(=O)/C=C(C)/C=C/C=C(C)/C=C/c1c(C)c(C)c(OC)c(C)c1C. The number of hydrogen-bond acceptors (Lipinski definition) is 3. The monoisotopic (exact) mass is 396 g/mol. The van der Waals surface area contributed by atoms with Crippen molar-refractivity contribution in [1.29, 1.82) is 0 Å². The molecule has 0 unspecified atom stereocenters. The van der Waals surface area contributed by atoms with Crippen molar-refractivity contribution in [2.24, 2.45) is 0 Å². The van der Waals surface area contributed by atoms with Crippen molar-refractivity contribution in [3.63, 3.8) is 0 Å². The molecule has 1 rings (SSSR count). The molecule has 0 aliphatic rings. The Morgan fingerprint density at radius 2 is 1.55 bits per heavy atom. The zero-order valence-corrected chi connectivity index (χ0v) is 19.3. The highest BCUT2D eigenvalue weighted by Crippen LogP contribution is 2.33. The normalized spacial score (nSPS) is 12.8. The van der Waals surface area contributed by atoms with Gasteiger partial charge < -0.3 is 9.47 Å². The van der Waals surface area contributed by atoms with Crippen LogP contribution < -0.4 is 4.74 Å². The van der Waals surface area contributed by atoms with Crippen LogP contribution in [0.3, 0.4) is 0 Å². The predicted molar refractivity (Wildman–Crippen MR) is 123 cm³/mol. The Hall–Kier alpha value is -2.55. The molecule has 3 heteroatoms. The van der Waals surface area contributed by atoms with E-state index in [1.54, 1.807) is 7.11 Å². The Morgan fingerprint density at radius 3 is 2.10 bits per heavy atom. The summed E-state index contributed by atoms with van der Waals surface area (Å²) in [7, 11) is 1.73. The van der Waals surface area contributed by atoms with E-state index in [4.69, 9.17) is 9.47 Å². The summed E-state index contributed by atoms with van der Waals surface area (Å²) in [5.74, 6) is 0.695. The van der Waals surface area contributed by atoms with E-state index in [1.807, 2.05) is 25.2 Å². The number of ether oxygens (including phenoxy) is 2. The second-order valence-electron chi connectivity index (χ2n) is 7.46. The maximum atomic E-state index is 11.7. The summed E-state index contributed by atoms with van der Waals surface area (Å²) in [6.45, 7) is 15.0. The van der Waals surface area contributed by atoms with Crippen LogP contribution in [0.4, 0.5) is 0 Å². The summed E-state index contributed by atoms with van der Waals surface area (Å²) < 4.78 is 10.7. The molecule has 0 saturated heterocycles. The summed E-state index contributed by atoms with van der Waals surface area (Å²) >= 11 is 0. The van der Waals surface area contributed by atoms with Gasteiger partial charge in [-0.3, -0.25) is 0 Å². The Morgan fingerprint density at radius 1 is 0.931 bits per heavy atom. The van der Waals surface area contributed by atoms with E-state index < -0.39 is 0 Å². The van der Waals surface area contributed by atoms with Gasteiger partial charge in [-0.1, -0.05) is 49.3 Å². The van der Waals surface area contributed by atoms with Crippen molar-refractivity contribution in [1.82, 2.24) is 0 Å². The first-order valence-electron chi connectivity index (χ1n) is 10.2. The molecule has 0 aliphatic carbocycles. The fourth-order valence-electron chi connectivity index (χ4n) is 3.08. The van der Waals surface area contributed by atoms with Gasteiger partial charge in [0.05, 0.1) is 13.7 Å². The van der Waals surface area contributed by atoms with Crippen LogP contribution in [-0.4, -0.2) is 19.7 Å². The highest BCUT2D eigenvalue weighted by molar-refractivity contribution is 5.83. The van der Waals surface area contributed by atoms with Crippen LogP contribution in [0.2, 0.25) is 0 Å². The van der Waals surface area contributed by atoms with Gasteiger partial charge in [0.15, 0.2) is 0 Å². The average Bonchev–Trinajstić information content (AvgIpc) is 2.67. The van der Waals surface area contributed by atoms with E-state index in [0.717, 1.165) is 29.7 Å². The fourth-order valence-corrected chi connectivity index (χ4v) is 3.08. The second kappa shape index (κ2) is 12.1. The number of rotatable bonds is 9. The number of esters is 1. The number of benzene rings is 1. The summed E-state index contributed by atoms with van der Waals surface area (Å²) in [6, 6.07) is 0. The maximum absolute atomic E-state index is 11.7. The van der Waals surface area contributed by atoms with Crippen LogP contribution in [0.1, 0.15) is 61.4 Å². The average molecular weight is 397 g/mol. The molecule has 3 nitrogen and oxygen atoms in total. The number of hydrogen-bond donors (Lipinski definition) is 0. The summed E-state index contributed by atoms with van der Waals surface area (Å²) in [6.07, 6.45) is 13.6. The fraction of sp³-hybridized carbons (Fsp3) is 0.423. The van der Waals surface area contributed by atoms with Gasteiger partial charge in [-0.2, -0.15) is 0 Å². The number of carbonyl (C=O) groups is 1. The zero-order valence-electron chi connectivity index (χ0n) is 19.3. The first-order chi connectivity index (χ1) is 13.7. The van der Waals surface area contributed by atoms with Gasteiger partial charge in [0, 0.05) is 6.08 Å². The molecule has 158 valence electrons. The lowest BCUT2D eigenvalue weighted by molar-refractivity contribution is -0.137. The van der Waals surface area contributed by atoms with Crippen molar-refractivity contribution in [2.75, 3.05) is 13.7 Å². The van der Waals surface area contributed by atoms with Crippen LogP contribution >= 0.6 is 0 Å². The van der Waals surface area contributed by atoms with Crippen molar-refractivity contribution in [3.05, 3.63) is 69.3 Å². The Kier molecular flexibility index (Phi) is 10.2. The van der Waals surface area contributed by atoms with Gasteiger partial charge in [-0.05, 0) is 81.4 Å². The van der Waals surface area contributed by atoms with Gasteiger partial charge in [-0.25, -0.2) is 4.79 Å². The van der Waals surface area contributed by atoms with E-state index in [1.165, 1.54) is 33.9 Å². The molecule has 1 aromatic rings. The number of carbonyl (C=O) groups excluding carboxylic acids is 1. The minimum absolute atomic E-state index is 0.280. The van der Waals surface area contributed by atoms with Crippen molar-refractivity contribution in [2.45, 2.75) is 61.3 Å². The topological polar surface area (TPSA) is 35.5 Å². The molecule has 1 aromatic carbocycles. The minimum atomic E-state index is -0.280. The number of unbranched alkanes of at least 4 members (excludes halogenated alkanes) is 1. The quantitative estimate of drug-likeness (QED) is 0.201. The van der Waals surface area contributed by atoms with Gasteiger partial charge >= 0.3 is 5.97 Å². The van der Waals surface area contributed by atoms with Crippen LogP contribution in [-0.2, 0) is 9.53 Å². The molecule has 0 heterocycles. The Bertz CT molecular complexity index is 807. The zero-order chi connectivity index (χ0) is 22.0. The largest absolute Gasteiger partial charge is 0.496 e. The van der Waals surface area contributed by atoms with E-state index in [-0.39, 0.29) is 5.97 Å². The number of methoxy groups -OCH3 is 1. The molecule has 0 fully saturated rings. The predicted octanol–water partition coefficient (Wildman–Crippen LogP) is 6.73. The molecule has 0 amide bonds. The third-order valence-electron chi connectivity index (χ3n) is 5.14. The van der Waals surface area contributed by atoms with Crippen molar-refractivity contribution in [3.8, 4) is 5.75 Å². The molecule has 29 heavy (non-hydrogen) atoms. The summed E-state index contributed by atoms with van der Waals surface area (Å²) in [5, 5.41) is 0. The molecule has 0 bridgehead atoms. The first kappa shape index (κ1) is 24.5. The van der Waals surface area contributed by atoms with Crippen LogP contribution in [0.25, 0.3) is 6.08 Å². The van der Waals surface area contributed by atoms with Crippen LogP contribution in [0.15, 0.2) is 41.5 Å². The minimum Gasteiger partial charge on any atom is -0.496 e. The first-order valence-corrected chi connectivity index (χ1v) is 10.2. The van der Waals surface area contributed by atoms with Crippen LogP contribution in [0.5, 0.6) is 5.75 Å². The van der Waals surface area contributed by atoms with E-state index in [0.29, 0.717) is 6.61 Å². The third-order valence-corrected chi connectivity index (χ3v) is 5.14. The molecule has 0 atom stereocenters. The lowest BCUT2D eigenvalue weighted by atomic mass is 9.92. The lowest BCUT2D eigenvalue weighted by Gasteiger charge is -2.17. The molecule has 0 aliphatic heterocycles. The smallest absolute Gasteiger partial charge is 0.331 e. The summed E-state index contributed by atoms with van der Waals surface area (Å²) in [4.78, 5) is 11.7. The van der Waals surface area contributed by atoms with Gasteiger partial charge in [-0.15, -0.1) is 0 Å². The second-order valence-corrected chi connectivity index (χ2v) is 7.46. The van der Waals surface area contributed by atoms with Gasteiger partial charge in [0.25, 0.3) is 0 Å². The number of allylic oxidation sites excluding steroid dienone is 6. The molecule has 0 N–H and O–H groups in total. The van der Waals surface area contributed by atoms with E-state index >= 15 is 0 Å². The van der Waals surface area contributed by atoms with Crippen molar-refractivity contribution >= 4 is 12.0 Å². The highest BCUT2D eigenvalue weighted by atomic mass is 16.5. The molecule has 0 spiro atoms. The van der Waals surface area contributed by atoms with Gasteiger partial charge in [0.1, 0.15) is 5.75 Å². The van der Waals surface area contributed by atoms with Crippen LogP contribution in [0, 0.1) is 27.7 Å². The van der Waals surface area contributed by atoms with E-state index in [9.17, 15) is 4.79 Å². The molecular formula is C26H36O3. The Balaban J connectivity index is 2.87. The standard InChI is InChI=1S/C26H36O3/c1-9-10-16-29-25(27)17-19(3)13-11-12-18(2)14-15-24-20(4)22(6)26(28-8)23(7)21(24)5/h11-15,17H,9-10,16H2,1-8H3/b13-11+,15-14+,18-12+,19-17+. The molecule has 0 radical (unpaired) electrons. The molecule has 0 saturated carbocycles. The summed E-state index contributed by atoms with van der Waals surface area (Å²) in [5.41, 5.74) is 8.09. The lowest BCUT2D eigenvalue weighted by Crippen LogP contribution is -2.02. The van der Waals surface area contributed by atoms with Gasteiger partial charge in [0.2, 0.25) is 0 Å². The maximum Gasteiger partial charge on any atom is 0.331 e.